The first-order valence-corrected chi connectivity index (χ1v) is 7.80. The molecule has 0 atom stereocenters. The minimum absolute atomic E-state index is 0.192. The minimum atomic E-state index is -0.192. The molecule has 0 fully saturated rings. The SMILES string of the molecule is COc1ccc(/C(C)=C/C(=O)Nc2ccc(Br)cc2)c(OC)c1. The zero-order chi connectivity index (χ0) is 16.8. The second-order valence-corrected chi connectivity index (χ2v) is 5.81. The Labute approximate surface area is 144 Å². The molecule has 0 saturated carbocycles. The number of carbonyl (C=O) groups excluding carboxylic acids is 1. The van der Waals surface area contributed by atoms with Gasteiger partial charge in [-0.3, -0.25) is 4.79 Å². The van der Waals surface area contributed by atoms with Gasteiger partial charge in [-0.15, -0.1) is 0 Å². The number of hydrogen-bond acceptors (Lipinski definition) is 3. The van der Waals surface area contributed by atoms with E-state index in [0.717, 1.165) is 21.3 Å². The van der Waals surface area contributed by atoms with Crippen LogP contribution in [0.25, 0.3) is 5.57 Å². The van der Waals surface area contributed by atoms with E-state index in [2.05, 4.69) is 21.2 Å². The fourth-order valence-electron chi connectivity index (χ4n) is 2.11. The van der Waals surface area contributed by atoms with E-state index in [1.165, 1.54) is 0 Å². The Balaban J connectivity index is 2.18. The zero-order valence-electron chi connectivity index (χ0n) is 13.2. The second-order valence-electron chi connectivity index (χ2n) is 4.89. The summed E-state index contributed by atoms with van der Waals surface area (Å²) in [5.41, 5.74) is 2.39. The average molecular weight is 376 g/mol. The molecule has 23 heavy (non-hydrogen) atoms. The lowest BCUT2D eigenvalue weighted by Gasteiger charge is -2.11. The van der Waals surface area contributed by atoms with Gasteiger partial charge >= 0.3 is 0 Å². The molecule has 0 aliphatic carbocycles. The number of nitrogens with one attached hydrogen (secondary N) is 1. The van der Waals surface area contributed by atoms with Gasteiger partial charge < -0.3 is 14.8 Å². The topological polar surface area (TPSA) is 47.6 Å². The van der Waals surface area contributed by atoms with Crippen LogP contribution >= 0.6 is 15.9 Å². The van der Waals surface area contributed by atoms with Gasteiger partial charge in [-0.1, -0.05) is 15.9 Å². The number of anilines is 1. The van der Waals surface area contributed by atoms with Gasteiger partial charge in [-0.2, -0.15) is 0 Å². The van der Waals surface area contributed by atoms with E-state index >= 15 is 0 Å². The van der Waals surface area contributed by atoms with E-state index < -0.39 is 0 Å². The van der Waals surface area contributed by atoms with Crippen molar-refractivity contribution in [2.45, 2.75) is 6.92 Å². The normalized spacial score (nSPS) is 11.0. The lowest BCUT2D eigenvalue weighted by atomic mass is 10.1. The standard InChI is InChI=1S/C18H18BrNO3/c1-12(16-9-8-15(22-2)11-17(16)23-3)10-18(21)20-14-6-4-13(19)5-7-14/h4-11H,1-3H3,(H,20,21)/b12-10+. The first-order valence-electron chi connectivity index (χ1n) is 7.00. The predicted octanol–water partition coefficient (Wildman–Crippen LogP) is 4.51. The number of ether oxygens (including phenoxy) is 2. The van der Waals surface area contributed by atoms with Crippen LogP contribution < -0.4 is 14.8 Å². The van der Waals surface area contributed by atoms with Crippen LogP contribution in [0, 0.1) is 0 Å². The van der Waals surface area contributed by atoms with E-state index in [-0.39, 0.29) is 5.91 Å². The molecule has 0 unspecified atom stereocenters. The maximum atomic E-state index is 12.1. The van der Waals surface area contributed by atoms with Crippen molar-refractivity contribution in [1.82, 2.24) is 0 Å². The lowest BCUT2D eigenvalue weighted by molar-refractivity contribution is -0.111. The van der Waals surface area contributed by atoms with Gasteiger partial charge in [0, 0.05) is 27.9 Å². The Bertz CT molecular complexity index is 724. The minimum Gasteiger partial charge on any atom is -0.497 e. The van der Waals surface area contributed by atoms with Gasteiger partial charge in [0.1, 0.15) is 11.5 Å². The van der Waals surface area contributed by atoms with Crippen molar-refractivity contribution in [2.24, 2.45) is 0 Å². The molecule has 0 aliphatic rings. The number of carbonyl (C=O) groups is 1. The smallest absolute Gasteiger partial charge is 0.248 e. The molecule has 120 valence electrons. The molecular formula is C18H18BrNO3. The van der Waals surface area contributed by atoms with Crippen LogP contribution in [0.2, 0.25) is 0 Å². The van der Waals surface area contributed by atoms with E-state index in [0.29, 0.717) is 11.5 Å². The first-order chi connectivity index (χ1) is 11.0. The number of amides is 1. The highest BCUT2D eigenvalue weighted by molar-refractivity contribution is 9.10. The highest BCUT2D eigenvalue weighted by atomic mass is 79.9. The van der Waals surface area contributed by atoms with Crippen molar-refractivity contribution < 1.29 is 14.3 Å². The fraction of sp³-hybridized carbons (Fsp3) is 0.167. The highest BCUT2D eigenvalue weighted by Gasteiger charge is 2.08. The summed E-state index contributed by atoms with van der Waals surface area (Å²) < 4.78 is 11.5. The Morgan fingerprint density at radius 3 is 2.39 bits per heavy atom. The van der Waals surface area contributed by atoms with E-state index in [9.17, 15) is 4.79 Å². The van der Waals surface area contributed by atoms with Crippen molar-refractivity contribution in [3.8, 4) is 11.5 Å². The van der Waals surface area contributed by atoms with Crippen molar-refractivity contribution in [3.63, 3.8) is 0 Å². The number of rotatable bonds is 5. The summed E-state index contributed by atoms with van der Waals surface area (Å²) in [4.78, 5) is 12.1. The summed E-state index contributed by atoms with van der Waals surface area (Å²) in [7, 11) is 3.19. The van der Waals surface area contributed by atoms with E-state index in [1.807, 2.05) is 43.3 Å². The molecule has 2 aromatic rings. The molecule has 0 bridgehead atoms. The maximum Gasteiger partial charge on any atom is 0.248 e. The van der Waals surface area contributed by atoms with Gasteiger partial charge in [0.2, 0.25) is 5.91 Å². The first kappa shape index (κ1) is 17.1. The summed E-state index contributed by atoms with van der Waals surface area (Å²) in [6.07, 6.45) is 1.55. The van der Waals surface area contributed by atoms with Crippen LogP contribution in [-0.4, -0.2) is 20.1 Å². The van der Waals surface area contributed by atoms with Gasteiger partial charge in [0.15, 0.2) is 0 Å². The van der Waals surface area contributed by atoms with E-state index in [1.54, 1.807) is 26.4 Å². The monoisotopic (exact) mass is 375 g/mol. The predicted molar refractivity (Wildman–Crippen MR) is 96.0 cm³/mol. The van der Waals surface area contributed by atoms with Crippen molar-refractivity contribution >= 4 is 33.1 Å². The number of hydrogen-bond donors (Lipinski definition) is 1. The summed E-state index contributed by atoms with van der Waals surface area (Å²) in [5.74, 6) is 1.18. The van der Waals surface area contributed by atoms with Gasteiger partial charge in [0.05, 0.1) is 14.2 Å². The van der Waals surface area contributed by atoms with Crippen molar-refractivity contribution in [1.29, 1.82) is 0 Å². The molecule has 0 aromatic heterocycles. The van der Waals surface area contributed by atoms with Crippen LogP contribution in [-0.2, 0) is 4.79 Å². The molecule has 0 radical (unpaired) electrons. The molecule has 0 heterocycles. The summed E-state index contributed by atoms with van der Waals surface area (Å²) in [6.45, 7) is 1.87. The maximum absolute atomic E-state index is 12.1. The molecule has 0 spiro atoms. The molecule has 4 nitrogen and oxygen atoms in total. The molecule has 1 N–H and O–H groups in total. The molecule has 0 aliphatic heterocycles. The Hall–Kier alpha value is -2.27. The van der Waals surface area contributed by atoms with Crippen molar-refractivity contribution in [3.05, 3.63) is 58.6 Å². The summed E-state index contributed by atoms with van der Waals surface area (Å²) in [5, 5.41) is 2.83. The lowest BCUT2D eigenvalue weighted by Crippen LogP contribution is -2.08. The number of methoxy groups -OCH3 is 2. The second kappa shape index (κ2) is 7.83. The molecule has 5 heteroatoms. The van der Waals surface area contributed by atoms with Gasteiger partial charge in [0.25, 0.3) is 0 Å². The van der Waals surface area contributed by atoms with E-state index in [4.69, 9.17) is 9.47 Å². The van der Waals surface area contributed by atoms with Crippen molar-refractivity contribution in [2.75, 3.05) is 19.5 Å². The van der Waals surface area contributed by atoms with Gasteiger partial charge in [-0.05, 0) is 48.9 Å². The Kier molecular flexibility index (Phi) is 5.82. The molecule has 1 amide bonds. The number of benzene rings is 2. The highest BCUT2D eigenvalue weighted by Crippen LogP contribution is 2.29. The summed E-state index contributed by atoms with van der Waals surface area (Å²) in [6, 6.07) is 12.9. The Morgan fingerprint density at radius 1 is 1.09 bits per heavy atom. The third kappa shape index (κ3) is 4.60. The van der Waals surface area contributed by atoms with Gasteiger partial charge in [-0.25, -0.2) is 0 Å². The van der Waals surface area contributed by atoms with Crippen LogP contribution in [0.3, 0.4) is 0 Å². The quantitative estimate of drug-likeness (QED) is 0.782. The third-order valence-electron chi connectivity index (χ3n) is 3.29. The molecule has 0 saturated heterocycles. The average Bonchev–Trinajstić information content (AvgIpc) is 2.56. The zero-order valence-corrected chi connectivity index (χ0v) is 14.8. The largest absolute Gasteiger partial charge is 0.497 e. The third-order valence-corrected chi connectivity index (χ3v) is 3.82. The fourth-order valence-corrected chi connectivity index (χ4v) is 2.37. The van der Waals surface area contributed by atoms with Crippen LogP contribution in [0.5, 0.6) is 11.5 Å². The Morgan fingerprint density at radius 2 is 1.78 bits per heavy atom. The molecular weight excluding hydrogens is 358 g/mol. The van der Waals surface area contributed by atoms with Crippen LogP contribution in [0.15, 0.2) is 53.0 Å². The van der Waals surface area contributed by atoms with Crippen LogP contribution in [0.1, 0.15) is 12.5 Å². The number of allylic oxidation sites excluding steroid dienone is 1. The van der Waals surface area contributed by atoms with Crippen LogP contribution in [0.4, 0.5) is 5.69 Å². The molecule has 2 rings (SSSR count). The summed E-state index contributed by atoms with van der Waals surface area (Å²) >= 11 is 3.36. The molecule has 2 aromatic carbocycles. The number of halogens is 1.